The molecule has 30 heavy (non-hydrogen) atoms. The van der Waals surface area contributed by atoms with Gasteiger partial charge in [0.05, 0.1) is 15.5 Å². The first kappa shape index (κ1) is 21.4. The van der Waals surface area contributed by atoms with Gasteiger partial charge in [-0.2, -0.15) is 4.98 Å². The Kier molecular flexibility index (Phi) is 6.79. The molecule has 0 spiro atoms. The Morgan fingerprint density at radius 1 is 1.27 bits per heavy atom. The minimum atomic E-state index is -0.477. The van der Waals surface area contributed by atoms with Crippen molar-refractivity contribution < 1.29 is 14.2 Å². The second-order valence-corrected chi connectivity index (χ2v) is 7.21. The van der Waals surface area contributed by atoms with Gasteiger partial charge in [0.25, 0.3) is 11.6 Å². The number of aromatic nitrogens is 2. The summed E-state index contributed by atoms with van der Waals surface area (Å²) in [6, 6.07) is 13.0. The Balaban J connectivity index is 1.75. The van der Waals surface area contributed by atoms with Gasteiger partial charge in [0.1, 0.15) is 0 Å². The molecule has 0 fully saturated rings. The van der Waals surface area contributed by atoms with Crippen LogP contribution in [0.1, 0.15) is 36.5 Å². The summed E-state index contributed by atoms with van der Waals surface area (Å²) >= 11 is 6.20. The minimum Gasteiger partial charge on any atom is -0.339 e. The summed E-state index contributed by atoms with van der Waals surface area (Å²) in [4.78, 5) is 29.6. The zero-order valence-corrected chi connectivity index (χ0v) is 17.4. The van der Waals surface area contributed by atoms with E-state index < -0.39 is 4.92 Å². The number of amides is 1. The standard InChI is InChI=1S/C21H21ClN4O4/c1-3-14(2)25(21(27)17-9-4-5-10-18(17)22)12-11-19-23-20(24-30-19)15-7-6-8-16(13-15)26(28)29/h4-10,13-14H,3,11-12H2,1-2H3/t14-/m1/s1. The molecule has 2 aromatic carbocycles. The third kappa shape index (κ3) is 4.83. The predicted octanol–water partition coefficient (Wildman–Crippen LogP) is 4.78. The molecule has 0 aliphatic carbocycles. The van der Waals surface area contributed by atoms with Gasteiger partial charge in [-0.1, -0.05) is 47.9 Å². The van der Waals surface area contributed by atoms with Gasteiger partial charge in [0.2, 0.25) is 11.7 Å². The maximum Gasteiger partial charge on any atom is 0.270 e. The van der Waals surface area contributed by atoms with Gasteiger partial charge in [0, 0.05) is 36.7 Å². The normalized spacial score (nSPS) is 11.8. The van der Waals surface area contributed by atoms with Gasteiger partial charge in [-0.05, 0) is 25.5 Å². The van der Waals surface area contributed by atoms with Gasteiger partial charge < -0.3 is 9.42 Å². The lowest BCUT2D eigenvalue weighted by molar-refractivity contribution is -0.384. The molecule has 0 radical (unpaired) electrons. The first-order chi connectivity index (χ1) is 14.4. The van der Waals surface area contributed by atoms with Gasteiger partial charge in [-0.3, -0.25) is 14.9 Å². The molecule has 0 aliphatic heterocycles. The number of benzene rings is 2. The highest BCUT2D eigenvalue weighted by atomic mass is 35.5. The van der Waals surface area contributed by atoms with Gasteiger partial charge >= 0.3 is 0 Å². The minimum absolute atomic E-state index is 0.00654. The molecule has 1 heterocycles. The van der Waals surface area contributed by atoms with E-state index in [1.165, 1.54) is 12.1 Å². The smallest absolute Gasteiger partial charge is 0.270 e. The zero-order valence-electron chi connectivity index (χ0n) is 16.6. The van der Waals surface area contributed by atoms with Crippen LogP contribution in [0.5, 0.6) is 0 Å². The number of rotatable bonds is 8. The van der Waals surface area contributed by atoms with Crippen LogP contribution in [0.15, 0.2) is 53.1 Å². The van der Waals surface area contributed by atoms with Crippen molar-refractivity contribution in [2.24, 2.45) is 0 Å². The van der Waals surface area contributed by atoms with Gasteiger partial charge in [-0.15, -0.1) is 0 Å². The van der Waals surface area contributed by atoms with Gasteiger partial charge in [-0.25, -0.2) is 0 Å². The third-order valence-electron chi connectivity index (χ3n) is 4.84. The molecular weight excluding hydrogens is 408 g/mol. The number of nitro groups is 1. The van der Waals surface area contributed by atoms with Crippen molar-refractivity contribution in [3.05, 3.63) is 75.1 Å². The number of nitro benzene ring substituents is 1. The molecule has 1 amide bonds. The van der Waals surface area contributed by atoms with Crippen molar-refractivity contribution in [2.45, 2.75) is 32.7 Å². The van der Waals surface area contributed by atoms with Crippen LogP contribution < -0.4 is 0 Å². The van der Waals surface area contributed by atoms with Crippen LogP contribution in [-0.4, -0.2) is 38.5 Å². The van der Waals surface area contributed by atoms with Crippen molar-refractivity contribution in [2.75, 3.05) is 6.54 Å². The maximum atomic E-state index is 13.0. The molecule has 1 atom stereocenters. The molecule has 0 bridgehead atoms. The summed E-state index contributed by atoms with van der Waals surface area (Å²) in [5.74, 6) is 0.450. The SMILES string of the molecule is CC[C@@H](C)N(CCc1nc(-c2cccc([N+](=O)[O-])c2)no1)C(=O)c1ccccc1Cl. The fraction of sp³-hybridized carbons (Fsp3) is 0.286. The molecule has 0 N–H and O–H groups in total. The molecular formula is C21H21ClN4O4. The molecule has 156 valence electrons. The van der Waals surface area contributed by atoms with Crippen molar-refractivity contribution in [1.82, 2.24) is 15.0 Å². The molecule has 0 saturated carbocycles. The summed E-state index contributed by atoms with van der Waals surface area (Å²) < 4.78 is 5.30. The Labute approximate surface area is 178 Å². The van der Waals surface area contributed by atoms with Gasteiger partial charge in [0.15, 0.2) is 0 Å². The number of hydrogen-bond donors (Lipinski definition) is 0. The van der Waals surface area contributed by atoms with E-state index in [4.69, 9.17) is 16.1 Å². The van der Waals surface area contributed by atoms with Crippen LogP contribution in [0.2, 0.25) is 5.02 Å². The molecule has 9 heteroatoms. The monoisotopic (exact) mass is 428 g/mol. The number of carbonyl (C=O) groups is 1. The average molecular weight is 429 g/mol. The summed E-state index contributed by atoms with van der Waals surface area (Å²) in [5, 5.41) is 15.3. The zero-order chi connectivity index (χ0) is 21.7. The fourth-order valence-corrected chi connectivity index (χ4v) is 3.20. The topological polar surface area (TPSA) is 102 Å². The van der Waals surface area contributed by atoms with Crippen LogP contribution in [-0.2, 0) is 6.42 Å². The third-order valence-corrected chi connectivity index (χ3v) is 5.17. The van der Waals surface area contributed by atoms with Crippen LogP contribution >= 0.6 is 11.6 Å². The first-order valence-electron chi connectivity index (χ1n) is 9.53. The lowest BCUT2D eigenvalue weighted by atomic mass is 10.1. The molecule has 0 unspecified atom stereocenters. The highest BCUT2D eigenvalue weighted by Gasteiger charge is 2.23. The first-order valence-corrected chi connectivity index (χ1v) is 9.91. The molecule has 0 saturated heterocycles. The largest absolute Gasteiger partial charge is 0.339 e. The average Bonchev–Trinajstić information content (AvgIpc) is 3.23. The maximum absolute atomic E-state index is 13.0. The number of halogens is 1. The fourth-order valence-electron chi connectivity index (χ4n) is 2.98. The number of nitrogens with zero attached hydrogens (tertiary/aromatic N) is 4. The van der Waals surface area contributed by atoms with Crippen LogP contribution in [0.25, 0.3) is 11.4 Å². The molecule has 3 aromatic rings. The quantitative estimate of drug-likeness (QED) is 0.377. The highest BCUT2D eigenvalue weighted by molar-refractivity contribution is 6.33. The van der Waals surface area contributed by atoms with E-state index in [9.17, 15) is 14.9 Å². The Morgan fingerprint density at radius 3 is 2.73 bits per heavy atom. The summed E-state index contributed by atoms with van der Waals surface area (Å²) in [7, 11) is 0. The van der Waals surface area contributed by atoms with E-state index in [0.717, 1.165) is 6.42 Å². The summed E-state index contributed by atoms with van der Waals surface area (Å²) in [5.41, 5.74) is 0.888. The lowest BCUT2D eigenvalue weighted by Gasteiger charge is -2.28. The Hall–Kier alpha value is -3.26. The van der Waals surface area contributed by atoms with E-state index in [2.05, 4.69) is 10.1 Å². The predicted molar refractivity (Wildman–Crippen MR) is 112 cm³/mol. The number of hydrogen-bond acceptors (Lipinski definition) is 6. The van der Waals surface area contributed by atoms with Crippen molar-refractivity contribution in [3.8, 4) is 11.4 Å². The Morgan fingerprint density at radius 2 is 2.03 bits per heavy atom. The van der Waals surface area contributed by atoms with Crippen molar-refractivity contribution in [3.63, 3.8) is 0 Å². The van der Waals surface area contributed by atoms with E-state index in [0.29, 0.717) is 35.0 Å². The second-order valence-electron chi connectivity index (χ2n) is 6.80. The van der Waals surface area contributed by atoms with Crippen LogP contribution in [0, 0.1) is 10.1 Å². The number of non-ortho nitro benzene ring substituents is 1. The van der Waals surface area contributed by atoms with E-state index in [1.54, 1.807) is 41.3 Å². The summed E-state index contributed by atoms with van der Waals surface area (Å²) in [6.45, 7) is 4.34. The van der Waals surface area contributed by atoms with Crippen LogP contribution in [0.4, 0.5) is 5.69 Å². The van der Waals surface area contributed by atoms with Crippen molar-refractivity contribution >= 4 is 23.2 Å². The second kappa shape index (κ2) is 9.49. The Bertz CT molecular complexity index is 1050. The molecule has 0 aliphatic rings. The molecule has 8 nitrogen and oxygen atoms in total. The van der Waals surface area contributed by atoms with Crippen LogP contribution in [0.3, 0.4) is 0 Å². The molecule has 1 aromatic heterocycles. The van der Waals surface area contributed by atoms with Crippen molar-refractivity contribution in [1.29, 1.82) is 0 Å². The number of carbonyl (C=O) groups excluding carboxylic acids is 1. The lowest BCUT2D eigenvalue weighted by Crippen LogP contribution is -2.40. The van der Waals surface area contributed by atoms with E-state index in [1.807, 2.05) is 13.8 Å². The summed E-state index contributed by atoms with van der Waals surface area (Å²) in [6.07, 6.45) is 1.13. The highest BCUT2D eigenvalue weighted by Crippen LogP contribution is 2.22. The van der Waals surface area contributed by atoms with E-state index in [-0.39, 0.29) is 23.5 Å². The van der Waals surface area contributed by atoms with E-state index >= 15 is 0 Å². The molecule has 3 rings (SSSR count).